The van der Waals surface area contributed by atoms with Gasteiger partial charge in [0.2, 0.25) is 0 Å². The molecule has 0 bridgehead atoms. The Morgan fingerprint density at radius 1 is 1.17 bits per heavy atom. The van der Waals surface area contributed by atoms with Gasteiger partial charge in [0.25, 0.3) is 5.91 Å². The van der Waals surface area contributed by atoms with Crippen LogP contribution in [0.2, 0.25) is 0 Å². The summed E-state index contributed by atoms with van der Waals surface area (Å²) in [5, 5.41) is 8.10. The average Bonchev–Trinajstić information content (AvgIpc) is 3.07. The van der Waals surface area contributed by atoms with Crippen LogP contribution in [0.4, 0.5) is 5.69 Å². The lowest BCUT2D eigenvalue weighted by Gasteiger charge is -2.06. The molecule has 0 saturated carbocycles. The summed E-state index contributed by atoms with van der Waals surface area (Å²) in [6.07, 6.45) is 3.32. The number of imidazole rings is 1. The first-order valence-electron chi connectivity index (χ1n) is 7.55. The highest BCUT2D eigenvalue weighted by molar-refractivity contribution is 6.06. The van der Waals surface area contributed by atoms with Crippen LogP contribution in [0.3, 0.4) is 0 Å². The van der Waals surface area contributed by atoms with Crippen molar-refractivity contribution in [1.82, 2.24) is 24.3 Å². The minimum Gasteiger partial charge on any atom is -0.334 e. The third-order valence-electron chi connectivity index (χ3n) is 4.11. The predicted octanol–water partition coefficient (Wildman–Crippen LogP) is 2.42. The van der Waals surface area contributed by atoms with Crippen molar-refractivity contribution in [3.8, 4) is 0 Å². The summed E-state index contributed by atoms with van der Waals surface area (Å²) >= 11 is 0. The van der Waals surface area contributed by atoms with Gasteiger partial charge in [0.15, 0.2) is 5.65 Å². The van der Waals surface area contributed by atoms with E-state index in [0.29, 0.717) is 11.3 Å². The highest BCUT2D eigenvalue weighted by Crippen LogP contribution is 2.20. The van der Waals surface area contributed by atoms with E-state index in [2.05, 4.69) is 20.4 Å². The molecule has 1 amide bonds. The van der Waals surface area contributed by atoms with Crippen LogP contribution in [-0.2, 0) is 14.1 Å². The number of rotatable bonds is 2. The van der Waals surface area contributed by atoms with Crippen molar-refractivity contribution in [3.05, 3.63) is 48.0 Å². The number of carbonyl (C=O) groups excluding carboxylic acids is 1. The van der Waals surface area contributed by atoms with E-state index in [4.69, 9.17) is 0 Å². The predicted molar refractivity (Wildman–Crippen MR) is 91.9 cm³/mol. The third kappa shape index (κ3) is 2.21. The van der Waals surface area contributed by atoms with Crippen LogP contribution in [0.15, 0.2) is 36.8 Å². The lowest BCUT2D eigenvalue weighted by molar-refractivity contribution is 0.102. The fraction of sp³-hybridized carbons (Fsp3) is 0.176. The first-order valence-corrected chi connectivity index (χ1v) is 7.55. The van der Waals surface area contributed by atoms with E-state index in [1.807, 2.05) is 49.9 Å². The molecule has 1 N–H and O–H groups in total. The molecule has 4 aromatic rings. The highest BCUT2D eigenvalue weighted by atomic mass is 16.1. The molecule has 0 saturated heterocycles. The van der Waals surface area contributed by atoms with Gasteiger partial charge in [-0.05, 0) is 31.2 Å². The number of carbonyl (C=O) groups is 1. The summed E-state index contributed by atoms with van der Waals surface area (Å²) in [7, 11) is 3.77. The molecule has 0 radical (unpaired) electrons. The maximum absolute atomic E-state index is 12.5. The number of hydrogen-bond donors (Lipinski definition) is 1. The number of pyridine rings is 1. The van der Waals surface area contributed by atoms with Gasteiger partial charge in [-0.25, -0.2) is 9.97 Å². The Balaban J connectivity index is 1.66. The number of aromatic nitrogens is 5. The van der Waals surface area contributed by atoms with Crippen molar-refractivity contribution >= 4 is 33.7 Å². The third-order valence-corrected chi connectivity index (χ3v) is 4.11. The molecule has 120 valence electrons. The first-order chi connectivity index (χ1) is 11.5. The second-order valence-corrected chi connectivity index (χ2v) is 5.82. The van der Waals surface area contributed by atoms with Gasteiger partial charge >= 0.3 is 0 Å². The van der Waals surface area contributed by atoms with E-state index < -0.39 is 0 Å². The van der Waals surface area contributed by atoms with Crippen LogP contribution in [0, 0.1) is 6.92 Å². The summed E-state index contributed by atoms with van der Waals surface area (Å²) in [5.74, 6) is -0.206. The number of anilines is 1. The summed E-state index contributed by atoms with van der Waals surface area (Å²) < 4.78 is 3.64. The Morgan fingerprint density at radius 2 is 2.00 bits per heavy atom. The molecular formula is C17H16N6O. The first kappa shape index (κ1) is 14.4. The smallest absolute Gasteiger partial charge is 0.257 e. The van der Waals surface area contributed by atoms with Crippen LogP contribution in [0.25, 0.3) is 22.1 Å². The van der Waals surface area contributed by atoms with Gasteiger partial charge in [-0.2, -0.15) is 5.10 Å². The minimum atomic E-state index is -0.206. The van der Waals surface area contributed by atoms with Crippen LogP contribution >= 0.6 is 0 Å². The monoisotopic (exact) mass is 320 g/mol. The number of nitrogens with zero attached hydrogens (tertiary/aromatic N) is 5. The van der Waals surface area contributed by atoms with Crippen LogP contribution in [0.5, 0.6) is 0 Å². The van der Waals surface area contributed by atoms with Crippen molar-refractivity contribution in [2.45, 2.75) is 6.92 Å². The fourth-order valence-electron chi connectivity index (χ4n) is 2.85. The van der Waals surface area contributed by atoms with Crippen molar-refractivity contribution in [3.63, 3.8) is 0 Å². The van der Waals surface area contributed by atoms with Gasteiger partial charge in [0, 0.05) is 31.4 Å². The Bertz CT molecular complexity index is 1090. The van der Waals surface area contributed by atoms with Crippen LogP contribution in [-0.4, -0.2) is 30.2 Å². The number of amides is 1. The van der Waals surface area contributed by atoms with Crippen molar-refractivity contribution < 1.29 is 4.79 Å². The molecule has 7 nitrogen and oxygen atoms in total. The van der Waals surface area contributed by atoms with Gasteiger partial charge < -0.3 is 9.88 Å². The molecule has 0 atom stereocenters. The highest BCUT2D eigenvalue weighted by Gasteiger charge is 2.12. The van der Waals surface area contributed by atoms with E-state index in [1.54, 1.807) is 17.2 Å². The summed E-state index contributed by atoms with van der Waals surface area (Å²) in [4.78, 5) is 21.2. The normalized spacial score (nSPS) is 11.3. The van der Waals surface area contributed by atoms with Gasteiger partial charge in [0.1, 0.15) is 0 Å². The van der Waals surface area contributed by atoms with E-state index in [0.717, 1.165) is 27.8 Å². The largest absolute Gasteiger partial charge is 0.334 e. The lowest BCUT2D eigenvalue weighted by Crippen LogP contribution is -2.12. The topological polar surface area (TPSA) is 77.6 Å². The Hall–Kier alpha value is -3.22. The maximum atomic E-state index is 12.5. The van der Waals surface area contributed by atoms with Crippen molar-refractivity contribution in [2.24, 2.45) is 14.1 Å². The van der Waals surface area contributed by atoms with Crippen LogP contribution in [0.1, 0.15) is 16.1 Å². The fourth-order valence-corrected chi connectivity index (χ4v) is 2.85. The van der Waals surface area contributed by atoms with Gasteiger partial charge in [-0.1, -0.05) is 0 Å². The molecule has 1 aromatic carbocycles. The van der Waals surface area contributed by atoms with Gasteiger partial charge in [0.05, 0.1) is 28.6 Å². The standard InChI is InChI=1S/C17H16N6O/c1-10-13-6-11(8-18-16(13)23(3)21-10)17(24)20-12-4-5-15-14(7-12)19-9-22(15)2/h4-9H,1-3H3,(H,20,24). The number of benzene rings is 1. The Morgan fingerprint density at radius 3 is 2.83 bits per heavy atom. The number of aryl methyl sites for hydroxylation is 3. The molecule has 0 aliphatic carbocycles. The van der Waals surface area contributed by atoms with Crippen molar-refractivity contribution in [1.29, 1.82) is 0 Å². The number of hydrogen-bond acceptors (Lipinski definition) is 4. The molecule has 0 aliphatic rings. The molecule has 0 fully saturated rings. The van der Waals surface area contributed by atoms with E-state index in [1.165, 1.54) is 0 Å². The molecule has 4 rings (SSSR count). The Labute approximate surface area is 137 Å². The van der Waals surface area contributed by atoms with Crippen molar-refractivity contribution in [2.75, 3.05) is 5.32 Å². The molecule has 7 heteroatoms. The van der Waals surface area contributed by atoms with Crippen LogP contribution < -0.4 is 5.32 Å². The zero-order chi connectivity index (χ0) is 16.8. The molecule has 0 unspecified atom stereocenters. The molecule has 3 aromatic heterocycles. The second kappa shape index (κ2) is 5.16. The zero-order valence-corrected chi connectivity index (χ0v) is 13.6. The van der Waals surface area contributed by atoms with E-state index >= 15 is 0 Å². The molecule has 0 aliphatic heterocycles. The summed E-state index contributed by atoms with van der Waals surface area (Å²) in [5.41, 5.74) is 4.67. The number of nitrogens with one attached hydrogen (secondary N) is 1. The summed E-state index contributed by atoms with van der Waals surface area (Å²) in [6, 6.07) is 7.47. The zero-order valence-electron chi connectivity index (χ0n) is 13.6. The van der Waals surface area contributed by atoms with Gasteiger partial charge in [-0.3, -0.25) is 9.48 Å². The molecule has 3 heterocycles. The second-order valence-electron chi connectivity index (χ2n) is 5.82. The van der Waals surface area contributed by atoms with E-state index in [9.17, 15) is 4.79 Å². The quantitative estimate of drug-likeness (QED) is 0.615. The average molecular weight is 320 g/mol. The Kier molecular flexibility index (Phi) is 3.09. The molecule has 0 spiro atoms. The maximum Gasteiger partial charge on any atom is 0.257 e. The SMILES string of the molecule is Cc1nn(C)c2ncc(C(=O)Nc3ccc4c(c3)ncn4C)cc12. The van der Waals surface area contributed by atoms with E-state index in [-0.39, 0.29) is 5.91 Å². The lowest BCUT2D eigenvalue weighted by atomic mass is 10.2. The number of fused-ring (bicyclic) bond motifs is 2. The molecular weight excluding hydrogens is 304 g/mol. The molecule has 24 heavy (non-hydrogen) atoms. The minimum absolute atomic E-state index is 0.206. The summed E-state index contributed by atoms with van der Waals surface area (Å²) in [6.45, 7) is 1.90. The van der Waals surface area contributed by atoms with Gasteiger partial charge in [-0.15, -0.1) is 0 Å².